The summed E-state index contributed by atoms with van der Waals surface area (Å²) in [5.74, 6) is -5.88. The average molecular weight is 278 g/mol. The number of hydrogen-bond acceptors (Lipinski definition) is 3. The molecule has 0 aliphatic rings. The predicted octanol–water partition coefficient (Wildman–Crippen LogP) is 3.21. The van der Waals surface area contributed by atoms with Crippen LogP contribution in [0.2, 0.25) is 5.15 Å². The lowest BCUT2D eigenvalue weighted by atomic mass is 10.2. The summed E-state index contributed by atoms with van der Waals surface area (Å²) in [5.41, 5.74) is 0.499. The number of alkyl halides is 2. The molecule has 0 aromatic carbocycles. The van der Waals surface area contributed by atoms with Crippen molar-refractivity contribution in [1.29, 1.82) is 0 Å². The predicted molar refractivity (Wildman–Crippen MR) is 60.9 cm³/mol. The van der Waals surface area contributed by atoms with Crippen LogP contribution in [-0.2, 0) is 11.2 Å². The molecule has 2 aromatic heterocycles. The maximum absolute atomic E-state index is 13.0. The number of hydrogen-bond donors (Lipinski definition) is 1. The van der Waals surface area contributed by atoms with Crippen LogP contribution >= 0.6 is 22.9 Å². The third-order valence-electron chi connectivity index (χ3n) is 2.10. The summed E-state index contributed by atoms with van der Waals surface area (Å²) < 4.78 is 26.7. The molecule has 2 rings (SSSR count). The molecule has 0 fully saturated rings. The second kappa shape index (κ2) is 4.19. The van der Waals surface area contributed by atoms with Gasteiger partial charge in [-0.1, -0.05) is 11.6 Å². The zero-order valence-corrected chi connectivity index (χ0v) is 9.86. The first-order valence-corrected chi connectivity index (χ1v) is 5.74. The number of thiophene rings is 1. The van der Waals surface area contributed by atoms with Crippen LogP contribution in [0.3, 0.4) is 0 Å². The lowest BCUT2D eigenvalue weighted by Crippen LogP contribution is -2.30. The monoisotopic (exact) mass is 277 g/mol. The highest BCUT2D eigenvalue weighted by Gasteiger charge is 2.39. The Morgan fingerprint density at radius 1 is 1.53 bits per heavy atom. The van der Waals surface area contributed by atoms with Crippen molar-refractivity contribution in [2.45, 2.75) is 12.3 Å². The van der Waals surface area contributed by atoms with Gasteiger partial charge < -0.3 is 5.11 Å². The minimum absolute atomic E-state index is 0.266. The summed E-state index contributed by atoms with van der Waals surface area (Å²) in [4.78, 5) is 14.5. The van der Waals surface area contributed by atoms with E-state index < -0.39 is 18.3 Å². The third-order valence-corrected chi connectivity index (χ3v) is 3.40. The zero-order chi connectivity index (χ0) is 12.6. The first-order valence-electron chi connectivity index (χ1n) is 4.55. The summed E-state index contributed by atoms with van der Waals surface area (Å²) in [6.07, 6.45) is -0.832. The molecule has 0 saturated carbocycles. The molecule has 1 N–H and O–H groups in total. The number of nitrogens with zero attached hydrogens (tertiary/aromatic N) is 1. The minimum Gasteiger partial charge on any atom is -0.477 e. The number of rotatable bonds is 3. The number of aliphatic carboxylic acids is 1. The Hall–Kier alpha value is -1.27. The highest BCUT2D eigenvalue weighted by atomic mass is 35.5. The fourth-order valence-electron chi connectivity index (χ4n) is 1.33. The maximum atomic E-state index is 13.0. The lowest BCUT2D eigenvalue weighted by molar-refractivity contribution is -0.164. The van der Waals surface area contributed by atoms with Gasteiger partial charge in [0.2, 0.25) is 0 Å². The van der Waals surface area contributed by atoms with Crippen molar-refractivity contribution in [3.8, 4) is 0 Å². The van der Waals surface area contributed by atoms with E-state index in [1.807, 2.05) is 0 Å². The average Bonchev–Trinajstić information content (AvgIpc) is 2.57. The molecule has 3 nitrogen and oxygen atoms in total. The number of carbonyl (C=O) groups is 1. The number of fused-ring (bicyclic) bond motifs is 1. The molecular formula is C10H6ClF2NO2S. The number of carboxylic acid groups (broad SMARTS) is 1. The van der Waals surface area contributed by atoms with E-state index in [0.29, 0.717) is 10.2 Å². The molecule has 0 aliphatic heterocycles. The molecular weight excluding hydrogens is 272 g/mol. The van der Waals surface area contributed by atoms with Gasteiger partial charge in [-0.2, -0.15) is 8.78 Å². The fraction of sp³-hybridized carbons (Fsp3) is 0.200. The van der Waals surface area contributed by atoms with Gasteiger partial charge in [-0.05, 0) is 18.2 Å². The maximum Gasteiger partial charge on any atom is 0.374 e. The molecule has 0 bridgehead atoms. The number of carboxylic acids is 1. The SMILES string of the molecule is O=C(O)C(F)(F)Cc1cc2nc(Cl)ccc2s1. The highest BCUT2D eigenvalue weighted by Crippen LogP contribution is 2.30. The van der Waals surface area contributed by atoms with Gasteiger partial charge in [0.15, 0.2) is 0 Å². The topological polar surface area (TPSA) is 50.2 Å². The van der Waals surface area contributed by atoms with Crippen LogP contribution in [0, 0.1) is 0 Å². The number of halogens is 3. The smallest absolute Gasteiger partial charge is 0.374 e. The van der Waals surface area contributed by atoms with Crippen LogP contribution in [0.1, 0.15) is 4.88 Å². The number of pyridine rings is 1. The van der Waals surface area contributed by atoms with E-state index in [1.165, 1.54) is 6.07 Å². The highest BCUT2D eigenvalue weighted by molar-refractivity contribution is 7.19. The molecule has 0 atom stereocenters. The van der Waals surface area contributed by atoms with E-state index in [9.17, 15) is 13.6 Å². The van der Waals surface area contributed by atoms with Crippen molar-refractivity contribution in [2.75, 3.05) is 0 Å². The van der Waals surface area contributed by atoms with E-state index >= 15 is 0 Å². The standard InChI is InChI=1S/C10H6ClF2NO2S/c11-8-2-1-7-6(14-8)3-5(17-7)4-10(12,13)9(15)16/h1-3H,4H2,(H,15,16). The summed E-state index contributed by atoms with van der Waals surface area (Å²) >= 11 is 6.75. The van der Waals surface area contributed by atoms with Crippen LogP contribution < -0.4 is 0 Å². The van der Waals surface area contributed by atoms with Gasteiger partial charge in [-0.3, -0.25) is 0 Å². The Balaban J connectivity index is 2.34. The first kappa shape index (κ1) is 12.2. The van der Waals surface area contributed by atoms with Gasteiger partial charge in [0.1, 0.15) is 5.15 Å². The van der Waals surface area contributed by atoms with E-state index in [4.69, 9.17) is 16.7 Å². The van der Waals surface area contributed by atoms with Crippen LogP contribution in [0.25, 0.3) is 10.2 Å². The Kier molecular flexibility index (Phi) is 3.01. The number of aromatic nitrogens is 1. The van der Waals surface area contributed by atoms with Gasteiger partial charge in [0.05, 0.1) is 16.6 Å². The lowest BCUT2D eigenvalue weighted by Gasteiger charge is -2.08. The van der Waals surface area contributed by atoms with Crippen LogP contribution in [0.4, 0.5) is 8.78 Å². The van der Waals surface area contributed by atoms with Gasteiger partial charge >= 0.3 is 11.9 Å². The Labute approximate surface area is 104 Å². The van der Waals surface area contributed by atoms with Crippen molar-refractivity contribution >= 4 is 39.1 Å². The Morgan fingerprint density at radius 2 is 2.24 bits per heavy atom. The molecule has 2 heterocycles. The van der Waals surface area contributed by atoms with Crippen molar-refractivity contribution in [3.63, 3.8) is 0 Å². The fourth-order valence-corrected chi connectivity index (χ4v) is 2.54. The van der Waals surface area contributed by atoms with E-state index in [0.717, 1.165) is 11.3 Å². The molecule has 0 radical (unpaired) electrons. The normalized spacial score (nSPS) is 11.9. The van der Waals surface area contributed by atoms with Gasteiger partial charge in [-0.25, -0.2) is 9.78 Å². The van der Waals surface area contributed by atoms with Gasteiger partial charge in [0.25, 0.3) is 0 Å². The largest absolute Gasteiger partial charge is 0.477 e. The molecule has 0 amide bonds. The molecule has 7 heteroatoms. The second-order valence-corrected chi connectivity index (χ2v) is 4.97. The molecule has 2 aromatic rings. The van der Waals surface area contributed by atoms with Crippen molar-refractivity contribution < 1.29 is 18.7 Å². The Morgan fingerprint density at radius 3 is 2.88 bits per heavy atom. The van der Waals surface area contributed by atoms with Crippen LogP contribution in [0.5, 0.6) is 0 Å². The van der Waals surface area contributed by atoms with Crippen molar-refractivity contribution in [2.24, 2.45) is 0 Å². The van der Waals surface area contributed by atoms with E-state index in [1.54, 1.807) is 12.1 Å². The third kappa shape index (κ3) is 2.53. The van der Waals surface area contributed by atoms with Crippen molar-refractivity contribution in [3.05, 3.63) is 28.2 Å². The molecule has 17 heavy (non-hydrogen) atoms. The molecule has 90 valence electrons. The van der Waals surface area contributed by atoms with Crippen molar-refractivity contribution in [1.82, 2.24) is 4.98 Å². The van der Waals surface area contributed by atoms with Gasteiger partial charge in [-0.15, -0.1) is 11.3 Å². The summed E-state index contributed by atoms with van der Waals surface area (Å²) in [5, 5.41) is 8.61. The van der Waals surface area contributed by atoms with Crippen LogP contribution in [0.15, 0.2) is 18.2 Å². The second-order valence-electron chi connectivity index (χ2n) is 3.42. The van der Waals surface area contributed by atoms with E-state index in [-0.39, 0.29) is 10.0 Å². The summed E-state index contributed by atoms with van der Waals surface area (Å²) in [6.45, 7) is 0. The Bertz CT molecular complexity index is 585. The van der Waals surface area contributed by atoms with E-state index in [2.05, 4.69) is 4.98 Å². The minimum atomic E-state index is -3.76. The molecule has 0 saturated heterocycles. The molecule has 0 spiro atoms. The summed E-state index contributed by atoms with van der Waals surface area (Å²) in [6, 6.07) is 4.65. The zero-order valence-electron chi connectivity index (χ0n) is 8.28. The van der Waals surface area contributed by atoms with Gasteiger partial charge in [0, 0.05) is 4.88 Å². The summed E-state index contributed by atoms with van der Waals surface area (Å²) in [7, 11) is 0. The quantitative estimate of drug-likeness (QED) is 0.877. The molecule has 0 aliphatic carbocycles. The first-order chi connectivity index (χ1) is 7.88. The van der Waals surface area contributed by atoms with Crippen LogP contribution in [-0.4, -0.2) is 22.0 Å². The molecule has 0 unspecified atom stereocenters.